The number of hydrogen-bond donors (Lipinski definition) is 2. The predicted octanol–water partition coefficient (Wildman–Crippen LogP) is 1.36. The molecule has 20 heavy (non-hydrogen) atoms. The lowest BCUT2D eigenvalue weighted by Gasteiger charge is -2.09. The molecule has 0 aromatic heterocycles. The van der Waals surface area contributed by atoms with Crippen LogP contribution in [-0.2, 0) is 11.3 Å². The van der Waals surface area contributed by atoms with Gasteiger partial charge in [-0.2, -0.15) is 13.2 Å². The van der Waals surface area contributed by atoms with Crippen LogP contribution in [0.2, 0.25) is 0 Å². The van der Waals surface area contributed by atoms with E-state index in [0.717, 1.165) is 0 Å². The number of benzene rings is 1. The summed E-state index contributed by atoms with van der Waals surface area (Å²) in [5.41, 5.74) is 0.233. The van der Waals surface area contributed by atoms with Gasteiger partial charge >= 0.3 is 6.18 Å². The summed E-state index contributed by atoms with van der Waals surface area (Å²) < 4.78 is 35.5. The second kappa shape index (κ2) is 6.85. The Labute approximate surface area is 112 Å². The summed E-state index contributed by atoms with van der Waals surface area (Å²) in [5, 5.41) is 14.9. The summed E-state index contributed by atoms with van der Waals surface area (Å²) in [6, 6.07) is 5.89. The topological polar surface area (TPSA) is 84.3 Å². The minimum absolute atomic E-state index is 0.0105. The standard InChI is InChI=1S/C11H12F3N3O3/c12-11(13,14)7-16-10(18)6-15-5-8-3-1-2-4-9(8)17(19)20/h1-4,15H,5-7H2,(H,16,18). The maximum absolute atomic E-state index is 11.8. The minimum atomic E-state index is -4.46. The zero-order chi connectivity index (χ0) is 15.2. The fourth-order valence-corrected chi connectivity index (χ4v) is 1.41. The van der Waals surface area contributed by atoms with Crippen LogP contribution in [0.25, 0.3) is 0 Å². The highest BCUT2D eigenvalue weighted by Crippen LogP contribution is 2.16. The van der Waals surface area contributed by atoms with Crippen molar-refractivity contribution in [3.63, 3.8) is 0 Å². The number of nitro groups is 1. The lowest BCUT2D eigenvalue weighted by Crippen LogP contribution is -2.39. The van der Waals surface area contributed by atoms with Gasteiger partial charge < -0.3 is 10.6 Å². The monoisotopic (exact) mass is 291 g/mol. The Morgan fingerprint density at radius 1 is 1.30 bits per heavy atom. The van der Waals surface area contributed by atoms with Crippen molar-refractivity contribution in [3.8, 4) is 0 Å². The first-order valence-electron chi connectivity index (χ1n) is 5.56. The Balaban J connectivity index is 2.41. The van der Waals surface area contributed by atoms with Gasteiger partial charge in [-0.25, -0.2) is 0 Å². The van der Waals surface area contributed by atoms with Crippen LogP contribution in [0.4, 0.5) is 18.9 Å². The fraction of sp³-hybridized carbons (Fsp3) is 0.364. The third-order valence-electron chi connectivity index (χ3n) is 2.28. The van der Waals surface area contributed by atoms with Crippen molar-refractivity contribution in [1.29, 1.82) is 0 Å². The zero-order valence-corrected chi connectivity index (χ0v) is 10.2. The second-order valence-electron chi connectivity index (χ2n) is 3.88. The van der Waals surface area contributed by atoms with Crippen molar-refractivity contribution in [3.05, 3.63) is 39.9 Å². The lowest BCUT2D eigenvalue weighted by molar-refractivity contribution is -0.385. The Morgan fingerprint density at radius 2 is 1.95 bits per heavy atom. The quantitative estimate of drug-likeness (QED) is 0.612. The molecule has 0 fully saturated rings. The first-order chi connectivity index (χ1) is 9.29. The van der Waals surface area contributed by atoms with E-state index in [0.29, 0.717) is 5.56 Å². The van der Waals surface area contributed by atoms with Crippen molar-refractivity contribution in [2.45, 2.75) is 12.7 Å². The van der Waals surface area contributed by atoms with Gasteiger partial charge in [0.15, 0.2) is 0 Å². The van der Waals surface area contributed by atoms with E-state index in [4.69, 9.17) is 0 Å². The smallest absolute Gasteiger partial charge is 0.346 e. The first-order valence-corrected chi connectivity index (χ1v) is 5.56. The van der Waals surface area contributed by atoms with Crippen molar-refractivity contribution in [2.24, 2.45) is 0 Å². The molecule has 1 rings (SSSR count). The van der Waals surface area contributed by atoms with Gasteiger partial charge in [0.2, 0.25) is 5.91 Å². The molecule has 2 N–H and O–H groups in total. The average molecular weight is 291 g/mol. The molecule has 0 heterocycles. The summed E-state index contributed by atoms with van der Waals surface area (Å²) >= 11 is 0. The van der Waals surface area contributed by atoms with E-state index in [9.17, 15) is 28.1 Å². The molecule has 0 aliphatic rings. The molecule has 0 spiro atoms. The highest BCUT2D eigenvalue weighted by molar-refractivity contribution is 5.78. The minimum Gasteiger partial charge on any atom is -0.346 e. The molecule has 110 valence electrons. The SMILES string of the molecule is O=C(CNCc1ccccc1[N+](=O)[O-])NCC(F)(F)F. The number of carbonyl (C=O) groups excluding carboxylic acids is 1. The Morgan fingerprint density at radius 3 is 2.55 bits per heavy atom. The molecular formula is C11H12F3N3O3. The molecule has 9 heteroatoms. The van der Waals surface area contributed by atoms with Crippen LogP contribution in [-0.4, -0.2) is 30.1 Å². The fourth-order valence-electron chi connectivity index (χ4n) is 1.41. The Kier molecular flexibility index (Phi) is 5.44. The molecule has 1 amide bonds. The van der Waals surface area contributed by atoms with Crippen LogP contribution in [0.15, 0.2) is 24.3 Å². The zero-order valence-electron chi connectivity index (χ0n) is 10.2. The molecule has 0 saturated heterocycles. The van der Waals surface area contributed by atoms with E-state index >= 15 is 0 Å². The molecule has 0 aliphatic carbocycles. The molecular weight excluding hydrogens is 279 g/mol. The largest absolute Gasteiger partial charge is 0.405 e. The molecule has 0 unspecified atom stereocenters. The molecule has 6 nitrogen and oxygen atoms in total. The van der Waals surface area contributed by atoms with Crippen LogP contribution in [0, 0.1) is 10.1 Å². The van der Waals surface area contributed by atoms with E-state index in [1.165, 1.54) is 18.2 Å². The highest BCUT2D eigenvalue weighted by Gasteiger charge is 2.27. The van der Waals surface area contributed by atoms with Gasteiger partial charge in [-0.3, -0.25) is 14.9 Å². The van der Waals surface area contributed by atoms with Gasteiger partial charge in [-0.15, -0.1) is 0 Å². The van der Waals surface area contributed by atoms with Crippen molar-refractivity contribution in [2.75, 3.05) is 13.1 Å². The maximum atomic E-state index is 11.8. The number of hydrogen-bond acceptors (Lipinski definition) is 4. The van der Waals surface area contributed by atoms with Gasteiger partial charge in [0.25, 0.3) is 5.69 Å². The van der Waals surface area contributed by atoms with Gasteiger partial charge in [0, 0.05) is 18.2 Å². The first kappa shape index (κ1) is 15.9. The second-order valence-corrected chi connectivity index (χ2v) is 3.88. The number of nitrogens with zero attached hydrogens (tertiary/aromatic N) is 1. The molecule has 1 aromatic carbocycles. The van der Waals surface area contributed by atoms with Crippen LogP contribution in [0.5, 0.6) is 0 Å². The molecule has 0 saturated carbocycles. The molecule has 0 bridgehead atoms. The van der Waals surface area contributed by atoms with Crippen molar-refractivity contribution >= 4 is 11.6 Å². The van der Waals surface area contributed by atoms with Crippen LogP contribution < -0.4 is 10.6 Å². The number of carbonyl (C=O) groups is 1. The van der Waals surface area contributed by atoms with Crippen LogP contribution >= 0.6 is 0 Å². The summed E-state index contributed by atoms with van der Waals surface area (Å²) in [5.74, 6) is -0.832. The van der Waals surface area contributed by atoms with Crippen LogP contribution in [0.3, 0.4) is 0 Å². The Hall–Kier alpha value is -2.16. The van der Waals surface area contributed by atoms with Gasteiger partial charge in [0.1, 0.15) is 6.54 Å². The summed E-state index contributed by atoms with van der Waals surface area (Å²) in [4.78, 5) is 21.2. The van der Waals surface area contributed by atoms with E-state index in [-0.39, 0.29) is 18.8 Å². The summed E-state index contributed by atoms with van der Waals surface area (Å²) in [6.45, 7) is -1.75. The van der Waals surface area contributed by atoms with Gasteiger partial charge in [-0.05, 0) is 0 Å². The summed E-state index contributed by atoms with van der Waals surface area (Å²) in [7, 11) is 0. The Bertz CT molecular complexity index is 491. The average Bonchev–Trinajstić information content (AvgIpc) is 2.36. The van der Waals surface area contributed by atoms with Crippen molar-refractivity contribution in [1.82, 2.24) is 10.6 Å². The van der Waals surface area contributed by atoms with Crippen LogP contribution in [0.1, 0.15) is 5.56 Å². The van der Waals surface area contributed by atoms with E-state index in [1.54, 1.807) is 11.4 Å². The molecule has 1 aromatic rings. The van der Waals surface area contributed by atoms with E-state index in [2.05, 4.69) is 5.32 Å². The maximum Gasteiger partial charge on any atom is 0.405 e. The number of alkyl halides is 3. The van der Waals surface area contributed by atoms with Gasteiger partial charge in [-0.1, -0.05) is 18.2 Å². The number of amides is 1. The summed E-state index contributed by atoms with van der Waals surface area (Å²) in [6.07, 6.45) is -4.46. The van der Waals surface area contributed by atoms with Gasteiger partial charge in [0.05, 0.1) is 11.5 Å². The molecule has 0 aliphatic heterocycles. The number of rotatable bonds is 6. The lowest BCUT2D eigenvalue weighted by atomic mass is 10.2. The number of nitrogens with one attached hydrogen (secondary N) is 2. The third-order valence-corrected chi connectivity index (χ3v) is 2.28. The molecule has 0 atom stereocenters. The van der Waals surface area contributed by atoms with Crippen molar-refractivity contribution < 1.29 is 22.9 Å². The molecule has 0 radical (unpaired) electrons. The normalized spacial score (nSPS) is 11.2. The predicted molar refractivity (Wildman–Crippen MR) is 63.9 cm³/mol. The van der Waals surface area contributed by atoms with E-state index in [1.807, 2.05) is 0 Å². The number of halogens is 3. The van der Waals surface area contributed by atoms with E-state index < -0.39 is 23.6 Å². The third kappa shape index (κ3) is 5.65. The number of nitro benzene ring substituents is 1. The number of para-hydroxylation sites is 1. The highest BCUT2D eigenvalue weighted by atomic mass is 19.4.